The number of likely N-dealkylation sites (tertiary alicyclic amines) is 1. The summed E-state index contributed by atoms with van der Waals surface area (Å²) in [5.41, 5.74) is 0.335. The van der Waals surface area contributed by atoms with E-state index in [-0.39, 0.29) is 24.4 Å². The van der Waals surface area contributed by atoms with Crippen LogP contribution in [-0.4, -0.2) is 46.3 Å². The Morgan fingerprint density at radius 2 is 2.17 bits per heavy atom. The molecular formula is C17H28Cl2N4O. The molecule has 3 rings (SSSR count). The van der Waals surface area contributed by atoms with Gasteiger partial charge in [0.2, 0.25) is 0 Å². The largest absolute Gasteiger partial charge is 0.346 e. The highest BCUT2D eigenvalue weighted by atomic mass is 35.5. The number of rotatable bonds is 6. The van der Waals surface area contributed by atoms with Crippen molar-refractivity contribution in [1.82, 2.24) is 20.0 Å². The lowest BCUT2D eigenvalue weighted by molar-refractivity contribution is 0.0923. The van der Waals surface area contributed by atoms with Crippen LogP contribution in [0.4, 0.5) is 0 Å². The SMILES string of the molecule is CCC[C@H]1CN(CC2CCC2)C[C@@H]1NC(=O)c1nn(C)cc1Cl.Cl. The Hall–Kier alpha value is -0.780. The van der Waals surface area contributed by atoms with Crippen molar-refractivity contribution in [2.75, 3.05) is 19.6 Å². The number of halogens is 2. The van der Waals surface area contributed by atoms with E-state index >= 15 is 0 Å². The van der Waals surface area contributed by atoms with Crippen molar-refractivity contribution in [2.24, 2.45) is 18.9 Å². The van der Waals surface area contributed by atoms with E-state index in [1.807, 2.05) is 0 Å². The number of aryl methyl sites for hydroxylation is 1. The fraction of sp³-hybridized carbons (Fsp3) is 0.765. The molecule has 0 spiro atoms. The third kappa shape index (κ3) is 4.44. The average Bonchev–Trinajstić information content (AvgIpc) is 2.98. The first-order chi connectivity index (χ1) is 11.1. The zero-order chi connectivity index (χ0) is 16.4. The molecule has 1 aromatic rings. The van der Waals surface area contributed by atoms with Gasteiger partial charge in [0, 0.05) is 38.9 Å². The lowest BCUT2D eigenvalue weighted by atomic mass is 9.85. The van der Waals surface area contributed by atoms with Crippen LogP contribution in [0, 0.1) is 11.8 Å². The van der Waals surface area contributed by atoms with E-state index < -0.39 is 0 Å². The maximum Gasteiger partial charge on any atom is 0.273 e. The van der Waals surface area contributed by atoms with Crippen LogP contribution in [0.25, 0.3) is 0 Å². The summed E-state index contributed by atoms with van der Waals surface area (Å²) in [4.78, 5) is 15.0. The fourth-order valence-corrected chi connectivity index (χ4v) is 4.09. The van der Waals surface area contributed by atoms with E-state index in [9.17, 15) is 4.79 Å². The second-order valence-corrected chi connectivity index (χ2v) is 7.55. The molecule has 24 heavy (non-hydrogen) atoms. The highest BCUT2D eigenvalue weighted by Crippen LogP contribution is 2.30. The third-order valence-electron chi connectivity index (χ3n) is 5.23. The van der Waals surface area contributed by atoms with Crippen LogP contribution in [-0.2, 0) is 7.05 Å². The molecule has 5 nitrogen and oxygen atoms in total. The van der Waals surface area contributed by atoms with Crippen molar-refractivity contribution >= 4 is 29.9 Å². The van der Waals surface area contributed by atoms with Crippen LogP contribution < -0.4 is 5.32 Å². The summed E-state index contributed by atoms with van der Waals surface area (Å²) >= 11 is 6.09. The molecule has 7 heteroatoms. The predicted octanol–water partition coefficient (Wildman–Crippen LogP) is 3.13. The standard InChI is InChI=1S/C17H27ClN4O.ClH/c1-3-5-13-9-22(8-12-6-4-7-12)11-15(13)19-17(23)16-14(18)10-21(2)20-16;/h10,12-13,15H,3-9,11H2,1-2H3,(H,19,23);1H/t13-,15-;/m0./s1. The zero-order valence-electron chi connectivity index (χ0n) is 14.5. The van der Waals surface area contributed by atoms with Gasteiger partial charge in [-0.2, -0.15) is 5.10 Å². The topological polar surface area (TPSA) is 50.2 Å². The highest BCUT2D eigenvalue weighted by molar-refractivity contribution is 6.33. The van der Waals surface area contributed by atoms with Gasteiger partial charge < -0.3 is 10.2 Å². The number of carbonyl (C=O) groups excluding carboxylic acids is 1. The molecule has 1 amide bonds. The van der Waals surface area contributed by atoms with Crippen molar-refractivity contribution in [2.45, 2.75) is 45.1 Å². The monoisotopic (exact) mass is 374 g/mol. The van der Waals surface area contributed by atoms with Gasteiger partial charge in [-0.15, -0.1) is 12.4 Å². The zero-order valence-corrected chi connectivity index (χ0v) is 16.1. The van der Waals surface area contributed by atoms with Crippen LogP contribution in [0.3, 0.4) is 0 Å². The Morgan fingerprint density at radius 3 is 2.71 bits per heavy atom. The Kier molecular flexibility index (Phi) is 6.96. The maximum absolute atomic E-state index is 12.5. The molecule has 0 radical (unpaired) electrons. The molecule has 1 saturated heterocycles. The molecule has 0 bridgehead atoms. The predicted molar refractivity (Wildman–Crippen MR) is 98.9 cm³/mol. The lowest BCUT2D eigenvalue weighted by Crippen LogP contribution is -2.41. The number of carbonyl (C=O) groups is 1. The van der Waals surface area contributed by atoms with Gasteiger partial charge in [0.1, 0.15) is 0 Å². The minimum atomic E-state index is -0.146. The Bertz CT molecular complexity index is 559. The number of nitrogens with zero attached hydrogens (tertiary/aromatic N) is 3. The molecule has 1 N–H and O–H groups in total. The van der Waals surface area contributed by atoms with E-state index in [0.717, 1.165) is 31.8 Å². The normalized spacial score (nSPS) is 24.5. The highest BCUT2D eigenvalue weighted by Gasteiger charge is 2.35. The minimum absolute atomic E-state index is 0. The first kappa shape index (κ1) is 19.5. The van der Waals surface area contributed by atoms with Gasteiger partial charge in [-0.05, 0) is 31.1 Å². The van der Waals surface area contributed by atoms with Crippen LogP contribution in [0.5, 0.6) is 0 Å². The molecule has 2 fully saturated rings. The Balaban J connectivity index is 0.00000208. The molecule has 0 unspecified atom stereocenters. The molecule has 136 valence electrons. The molecule has 0 aromatic carbocycles. The summed E-state index contributed by atoms with van der Waals surface area (Å²) in [5, 5.41) is 7.77. The summed E-state index contributed by atoms with van der Waals surface area (Å²) in [6, 6.07) is 0.209. The first-order valence-electron chi connectivity index (χ1n) is 8.79. The van der Waals surface area contributed by atoms with Gasteiger partial charge in [0.25, 0.3) is 5.91 Å². The van der Waals surface area contributed by atoms with Gasteiger partial charge in [0.05, 0.1) is 5.02 Å². The molecule has 1 aromatic heterocycles. The van der Waals surface area contributed by atoms with Crippen LogP contribution in [0.2, 0.25) is 5.02 Å². The quantitative estimate of drug-likeness (QED) is 0.831. The summed E-state index contributed by atoms with van der Waals surface area (Å²) in [6.07, 6.45) is 8.10. The molecule has 1 aliphatic heterocycles. The van der Waals surface area contributed by atoms with Crippen molar-refractivity contribution < 1.29 is 4.79 Å². The van der Waals surface area contributed by atoms with Crippen molar-refractivity contribution in [1.29, 1.82) is 0 Å². The number of hydrogen-bond acceptors (Lipinski definition) is 3. The number of amides is 1. The average molecular weight is 375 g/mol. The summed E-state index contributed by atoms with van der Waals surface area (Å²) in [5.74, 6) is 1.26. The second-order valence-electron chi connectivity index (χ2n) is 7.14. The van der Waals surface area contributed by atoms with Crippen molar-refractivity contribution in [3.63, 3.8) is 0 Å². The van der Waals surface area contributed by atoms with E-state index in [1.54, 1.807) is 17.9 Å². The van der Waals surface area contributed by atoms with E-state index in [2.05, 4.69) is 22.2 Å². The van der Waals surface area contributed by atoms with Crippen molar-refractivity contribution in [3.05, 3.63) is 16.9 Å². The Morgan fingerprint density at radius 1 is 1.42 bits per heavy atom. The van der Waals surface area contributed by atoms with Gasteiger partial charge >= 0.3 is 0 Å². The molecule has 2 atom stereocenters. The lowest BCUT2D eigenvalue weighted by Gasteiger charge is -2.30. The van der Waals surface area contributed by atoms with E-state index in [0.29, 0.717) is 16.6 Å². The number of aromatic nitrogens is 2. The van der Waals surface area contributed by atoms with Gasteiger partial charge in [-0.25, -0.2) is 0 Å². The number of hydrogen-bond donors (Lipinski definition) is 1. The van der Waals surface area contributed by atoms with Crippen molar-refractivity contribution in [3.8, 4) is 0 Å². The van der Waals surface area contributed by atoms with Gasteiger partial charge in [-0.1, -0.05) is 31.4 Å². The Labute approximate surface area is 155 Å². The second kappa shape index (κ2) is 8.54. The van der Waals surface area contributed by atoms with Crippen LogP contribution in [0.1, 0.15) is 49.5 Å². The van der Waals surface area contributed by atoms with Gasteiger partial charge in [0.15, 0.2) is 5.69 Å². The smallest absolute Gasteiger partial charge is 0.273 e. The van der Waals surface area contributed by atoms with E-state index in [1.165, 1.54) is 25.8 Å². The maximum atomic E-state index is 12.5. The molecule has 2 aliphatic rings. The van der Waals surface area contributed by atoms with Crippen LogP contribution >= 0.6 is 24.0 Å². The third-order valence-corrected chi connectivity index (χ3v) is 5.51. The van der Waals surface area contributed by atoms with E-state index in [4.69, 9.17) is 11.6 Å². The summed E-state index contributed by atoms with van der Waals surface area (Å²) < 4.78 is 1.58. The summed E-state index contributed by atoms with van der Waals surface area (Å²) in [7, 11) is 1.78. The fourth-order valence-electron chi connectivity index (χ4n) is 3.83. The minimum Gasteiger partial charge on any atom is -0.346 e. The summed E-state index contributed by atoms with van der Waals surface area (Å²) in [6.45, 7) is 5.46. The molecular weight excluding hydrogens is 347 g/mol. The number of nitrogens with one attached hydrogen (secondary N) is 1. The first-order valence-corrected chi connectivity index (χ1v) is 9.17. The van der Waals surface area contributed by atoms with Crippen LogP contribution in [0.15, 0.2) is 6.20 Å². The van der Waals surface area contributed by atoms with Gasteiger partial charge in [-0.3, -0.25) is 9.48 Å². The molecule has 1 aliphatic carbocycles. The molecule has 2 heterocycles. The molecule has 1 saturated carbocycles.